The number of hydrogen-bond donors (Lipinski definition) is 2. The molecule has 3 rings (SSSR count). The minimum Gasteiger partial charge on any atom is -0.490 e. The maximum absolute atomic E-state index is 12.8. The summed E-state index contributed by atoms with van der Waals surface area (Å²) < 4.78 is 45.3. The van der Waals surface area contributed by atoms with Crippen molar-refractivity contribution in [1.29, 1.82) is 5.26 Å². The van der Waals surface area contributed by atoms with E-state index in [1.54, 1.807) is 59.1 Å². The van der Waals surface area contributed by atoms with Crippen molar-refractivity contribution < 1.29 is 42.1 Å². The molecular weight excluding hydrogens is 608 g/mol. The second-order valence-electron chi connectivity index (χ2n) is 11.0. The third kappa shape index (κ3) is 10.2. The lowest BCUT2D eigenvalue weighted by Gasteiger charge is -2.22. The first-order chi connectivity index (χ1) is 21.5. The molecule has 3 aromatic rings. The number of methoxy groups -OCH3 is 2. The maximum atomic E-state index is 12.8. The van der Waals surface area contributed by atoms with Gasteiger partial charge in [-0.15, -0.1) is 0 Å². The van der Waals surface area contributed by atoms with Crippen molar-refractivity contribution in [2.75, 3.05) is 20.8 Å². The molecular formula is C31H37F2N5O8. The predicted octanol–water partition coefficient (Wildman–Crippen LogP) is 3.76. The van der Waals surface area contributed by atoms with Crippen LogP contribution in [0.25, 0.3) is 21.7 Å². The number of aromatic nitrogens is 2. The van der Waals surface area contributed by atoms with Gasteiger partial charge in [-0.05, 0) is 57.7 Å². The van der Waals surface area contributed by atoms with Crippen LogP contribution < -0.4 is 21.3 Å². The molecule has 248 valence electrons. The molecule has 0 radical (unpaired) electrons. The fraction of sp³-hybridized carbons (Fsp3) is 0.419. The zero-order valence-corrected chi connectivity index (χ0v) is 26.6. The number of nitrogens with one attached hydrogen (secondary N) is 1. The van der Waals surface area contributed by atoms with Crippen molar-refractivity contribution in [1.82, 2.24) is 14.9 Å². The maximum Gasteiger partial charge on any atom is 0.408 e. The number of aryl methyl sites for hydroxylation is 2. The largest absolute Gasteiger partial charge is 0.490 e. The summed E-state index contributed by atoms with van der Waals surface area (Å²) in [4.78, 5) is 50.9. The Kier molecular flexibility index (Phi) is 13.1. The van der Waals surface area contributed by atoms with Gasteiger partial charge in [0.1, 0.15) is 30.1 Å². The molecule has 0 aliphatic heterocycles. The van der Waals surface area contributed by atoms with E-state index in [1.165, 1.54) is 11.7 Å². The molecule has 0 aliphatic rings. The number of amides is 1. The molecule has 46 heavy (non-hydrogen) atoms. The lowest BCUT2D eigenvalue weighted by atomic mass is 10.0. The number of nitrogens with zero attached hydrogens (tertiary/aromatic N) is 3. The Hall–Kier alpha value is -5.10. The number of esters is 2. The van der Waals surface area contributed by atoms with E-state index in [0.717, 1.165) is 18.6 Å². The number of halogens is 2. The summed E-state index contributed by atoms with van der Waals surface area (Å²) in [6.07, 6.45) is -0.627. The molecule has 0 aliphatic carbocycles. The standard InChI is InChI=1S/C20H18F2N4O2.C11H19NO6/c1-11-19-14(5-6-25-11)15-7-12(9-23)17(8-16(15)26(2)20(19)27)28-10-13(24)3-4-18(21)22;1-11(2,3)18-10(15)12-7(9(14)17-5)6-8(13)16-4/h4-8,13H,3,10,24H2,1-2H3;7H,6H2,1-5H3,(H,12,15)/t13-;7-/m00/s1. The summed E-state index contributed by atoms with van der Waals surface area (Å²) >= 11 is 0. The van der Waals surface area contributed by atoms with Crippen molar-refractivity contribution in [2.45, 2.75) is 58.2 Å². The van der Waals surface area contributed by atoms with Gasteiger partial charge in [0.15, 0.2) is 0 Å². The first kappa shape index (κ1) is 37.1. The van der Waals surface area contributed by atoms with Crippen LogP contribution in [0.3, 0.4) is 0 Å². The number of nitrogens with two attached hydrogens (primary N) is 1. The van der Waals surface area contributed by atoms with Crippen molar-refractivity contribution in [3.63, 3.8) is 0 Å². The van der Waals surface area contributed by atoms with Crippen molar-refractivity contribution in [3.8, 4) is 11.8 Å². The van der Waals surface area contributed by atoms with E-state index >= 15 is 0 Å². The molecule has 1 amide bonds. The number of hydrogen-bond acceptors (Lipinski definition) is 11. The number of fused-ring (bicyclic) bond motifs is 3. The van der Waals surface area contributed by atoms with Gasteiger partial charge in [-0.25, -0.2) is 9.59 Å². The van der Waals surface area contributed by atoms with Crippen LogP contribution in [-0.4, -0.2) is 66.1 Å². The second kappa shape index (κ2) is 16.3. The number of carbonyl (C=O) groups is 3. The zero-order valence-electron chi connectivity index (χ0n) is 26.6. The van der Waals surface area contributed by atoms with E-state index in [-0.39, 0.29) is 36.3 Å². The van der Waals surface area contributed by atoms with E-state index in [1.807, 2.05) is 0 Å². The number of carbonyl (C=O) groups excluding carboxylic acids is 3. The van der Waals surface area contributed by atoms with Gasteiger partial charge in [-0.2, -0.15) is 14.0 Å². The van der Waals surface area contributed by atoms with E-state index < -0.39 is 41.8 Å². The SMILES string of the molecule is COC(=O)C[C@H](NC(=O)OC(C)(C)C)C(=O)OC.Cc1nccc2c1c(=O)n(C)c1cc(OC[C@@H](N)CC=C(F)F)c(C#N)cc21. The summed E-state index contributed by atoms with van der Waals surface area (Å²) in [5.41, 5.74) is 6.33. The van der Waals surface area contributed by atoms with Gasteiger partial charge in [0.2, 0.25) is 0 Å². The molecule has 0 bridgehead atoms. The number of rotatable bonds is 9. The Labute approximate surface area is 263 Å². The van der Waals surface area contributed by atoms with Gasteiger partial charge < -0.3 is 34.6 Å². The Balaban J connectivity index is 0.000000356. The average Bonchev–Trinajstić information content (AvgIpc) is 2.99. The third-order valence-electron chi connectivity index (χ3n) is 6.33. The first-order valence-corrected chi connectivity index (χ1v) is 13.9. The molecule has 0 spiro atoms. The smallest absolute Gasteiger partial charge is 0.408 e. The van der Waals surface area contributed by atoms with Crippen LogP contribution in [-0.2, 0) is 30.8 Å². The highest BCUT2D eigenvalue weighted by Gasteiger charge is 2.27. The van der Waals surface area contributed by atoms with Crippen molar-refractivity contribution >= 4 is 39.7 Å². The molecule has 2 aromatic heterocycles. The van der Waals surface area contributed by atoms with E-state index in [0.29, 0.717) is 22.0 Å². The molecule has 0 saturated carbocycles. The van der Waals surface area contributed by atoms with Crippen LogP contribution in [0.15, 0.2) is 41.3 Å². The van der Waals surface area contributed by atoms with Crippen LogP contribution in [0.2, 0.25) is 0 Å². The zero-order chi connectivity index (χ0) is 34.8. The van der Waals surface area contributed by atoms with Gasteiger partial charge in [0, 0.05) is 30.7 Å². The predicted molar refractivity (Wildman–Crippen MR) is 164 cm³/mol. The fourth-order valence-corrected chi connectivity index (χ4v) is 4.15. The van der Waals surface area contributed by atoms with Crippen LogP contribution >= 0.6 is 0 Å². The number of alkyl carbamates (subject to hydrolysis) is 1. The second-order valence-corrected chi connectivity index (χ2v) is 11.0. The van der Waals surface area contributed by atoms with Gasteiger partial charge in [0.05, 0.1) is 42.8 Å². The molecule has 15 heteroatoms. The summed E-state index contributed by atoms with van der Waals surface area (Å²) in [6.45, 7) is 6.75. The average molecular weight is 646 g/mol. The summed E-state index contributed by atoms with van der Waals surface area (Å²) in [5.74, 6) is -1.14. The van der Waals surface area contributed by atoms with E-state index in [9.17, 15) is 33.2 Å². The van der Waals surface area contributed by atoms with Gasteiger partial charge >= 0.3 is 18.0 Å². The molecule has 2 atom stereocenters. The summed E-state index contributed by atoms with van der Waals surface area (Å²) in [7, 11) is 3.97. The third-order valence-corrected chi connectivity index (χ3v) is 6.33. The van der Waals surface area contributed by atoms with Crippen LogP contribution in [0.1, 0.15) is 44.9 Å². The molecule has 3 N–H and O–H groups in total. The van der Waals surface area contributed by atoms with Crippen LogP contribution in [0, 0.1) is 18.3 Å². The Morgan fingerprint density at radius 1 is 1.17 bits per heavy atom. The molecule has 0 fully saturated rings. The Morgan fingerprint density at radius 2 is 1.85 bits per heavy atom. The lowest BCUT2D eigenvalue weighted by molar-refractivity contribution is -0.149. The molecule has 13 nitrogen and oxygen atoms in total. The van der Waals surface area contributed by atoms with Crippen molar-refractivity contribution in [3.05, 3.63) is 58.2 Å². The Morgan fingerprint density at radius 3 is 2.41 bits per heavy atom. The highest BCUT2D eigenvalue weighted by Crippen LogP contribution is 2.30. The topological polar surface area (TPSA) is 185 Å². The molecule has 0 unspecified atom stereocenters. The van der Waals surface area contributed by atoms with Gasteiger partial charge in [-0.3, -0.25) is 14.6 Å². The molecule has 2 heterocycles. The van der Waals surface area contributed by atoms with E-state index in [4.69, 9.17) is 15.2 Å². The van der Waals surface area contributed by atoms with Gasteiger partial charge in [-0.1, -0.05) is 0 Å². The molecule has 1 aromatic carbocycles. The molecule has 0 saturated heterocycles. The van der Waals surface area contributed by atoms with Crippen molar-refractivity contribution in [2.24, 2.45) is 12.8 Å². The minimum atomic E-state index is -1.80. The monoisotopic (exact) mass is 645 g/mol. The normalized spacial score (nSPS) is 12.1. The summed E-state index contributed by atoms with van der Waals surface area (Å²) in [6, 6.07) is 5.28. The van der Waals surface area contributed by atoms with Crippen LogP contribution in [0.5, 0.6) is 5.75 Å². The van der Waals surface area contributed by atoms with Crippen LogP contribution in [0.4, 0.5) is 13.6 Å². The fourth-order valence-electron chi connectivity index (χ4n) is 4.15. The minimum absolute atomic E-state index is 0.0471. The quantitative estimate of drug-likeness (QED) is 0.196. The number of benzene rings is 1. The van der Waals surface area contributed by atoms with E-state index in [2.05, 4.69) is 25.8 Å². The first-order valence-electron chi connectivity index (χ1n) is 13.9. The number of pyridine rings is 2. The number of ether oxygens (including phenoxy) is 4. The highest BCUT2D eigenvalue weighted by atomic mass is 19.3. The lowest BCUT2D eigenvalue weighted by Crippen LogP contribution is -2.45. The number of nitriles is 1. The van der Waals surface area contributed by atoms with Gasteiger partial charge in [0.25, 0.3) is 11.6 Å². The highest BCUT2D eigenvalue weighted by molar-refractivity contribution is 6.07. The summed E-state index contributed by atoms with van der Waals surface area (Å²) in [5, 5.41) is 13.7. The Bertz CT molecular complexity index is 1720.